The zero-order chi connectivity index (χ0) is 12.2. The molecule has 1 N–H and O–H groups in total. The van der Waals surface area contributed by atoms with E-state index in [1.54, 1.807) is 0 Å². The Bertz CT molecular complexity index is 532. The molecule has 2 heteroatoms. The SMILES string of the molecule is c1ccc(C2=NCC[C@H](c3ccccc3)N2)cc1. The van der Waals surface area contributed by atoms with Crippen molar-refractivity contribution in [3.8, 4) is 0 Å². The highest BCUT2D eigenvalue weighted by atomic mass is 15.0. The fourth-order valence-corrected chi connectivity index (χ4v) is 2.29. The molecule has 2 aromatic rings. The maximum Gasteiger partial charge on any atom is 0.128 e. The van der Waals surface area contributed by atoms with Gasteiger partial charge in [0.05, 0.1) is 6.04 Å². The van der Waals surface area contributed by atoms with Gasteiger partial charge in [0, 0.05) is 12.1 Å². The molecule has 0 aromatic heterocycles. The van der Waals surface area contributed by atoms with E-state index >= 15 is 0 Å². The van der Waals surface area contributed by atoms with Gasteiger partial charge in [-0.2, -0.15) is 0 Å². The molecule has 0 saturated heterocycles. The van der Waals surface area contributed by atoms with Crippen molar-refractivity contribution in [2.75, 3.05) is 6.54 Å². The number of aliphatic imine (C=N–C) groups is 1. The summed E-state index contributed by atoms with van der Waals surface area (Å²) in [5.41, 5.74) is 2.50. The zero-order valence-corrected chi connectivity index (χ0v) is 10.2. The first-order valence-corrected chi connectivity index (χ1v) is 6.35. The lowest BCUT2D eigenvalue weighted by Gasteiger charge is -2.25. The fraction of sp³-hybridized carbons (Fsp3) is 0.188. The number of nitrogens with zero attached hydrogens (tertiary/aromatic N) is 1. The van der Waals surface area contributed by atoms with Gasteiger partial charge in [-0.25, -0.2) is 0 Å². The number of benzene rings is 2. The number of nitrogens with one attached hydrogen (secondary N) is 1. The Morgan fingerprint density at radius 3 is 2.28 bits per heavy atom. The molecule has 0 amide bonds. The van der Waals surface area contributed by atoms with Crippen LogP contribution in [0.25, 0.3) is 0 Å². The lowest BCUT2D eigenvalue weighted by Crippen LogP contribution is -2.33. The van der Waals surface area contributed by atoms with E-state index in [2.05, 4.69) is 52.8 Å². The minimum Gasteiger partial charge on any atom is -0.363 e. The monoisotopic (exact) mass is 236 g/mol. The molecule has 0 unspecified atom stereocenters. The van der Waals surface area contributed by atoms with E-state index in [1.807, 2.05) is 18.2 Å². The largest absolute Gasteiger partial charge is 0.363 e. The number of hydrogen-bond donors (Lipinski definition) is 1. The summed E-state index contributed by atoms with van der Waals surface area (Å²) >= 11 is 0. The molecule has 1 aliphatic heterocycles. The summed E-state index contributed by atoms with van der Waals surface area (Å²) in [6.07, 6.45) is 1.06. The zero-order valence-electron chi connectivity index (χ0n) is 10.2. The Labute approximate surface area is 107 Å². The topological polar surface area (TPSA) is 24.4 Å². The van der Waals surface area contributed by atoms with Crippen LogP contribution < -0.4 is 5.32 Å². The normalized spacial score (nSPS) is 18.9. The van der Waals surface area contributed by atoms with Gasteiger partial charge in [-0.15, -0.1) is 0 Å². The molecule has 0 aliphatic carbocycles. The van der Waals surface area contributed by atoms with Crippen LogP contribution in [0.5, 0.6) is 0 Å². The average Bonchev–Trinajstić information content (AvgIpc) is 2.49. The van der Waals surface area contributed by atoms with Gasteiger partial charge < -0.3 is 5.32 Å². The first-order chi connectivity index (χ1) is 8.93. The molecular weight excluding hydrogens is 220 g/mol. The molecular formula is C16H16N2. The predicted molar refractivity (Wildman–Crippen MR) is 74.8 cm³/mol. The van der Waals surface area contributed by atoms with Gasteiger partial charge in [0.15, 0.2) is 0 Å². The first-order valence-electron chi connectivity index (χ1n) is 6.35. The van der Waals surface area contributed by atoms with Crippen LogP contribution in [0.3, 0.4) is 0 Å². The summed E-state index contributed by atoms with van der Waals surface area (Å²) in [7, 11) is 0. The van der Waals surface area contributed by atoms with E-state index in [1.165, 1.54) is 5.56 Å². The Hall–Kier alpha value is -2.09. The van der Waals surface area contributed by atoms with Crippen LogP contribution in [0.2, 0.25) is 0 Å². The van der Waals surface area contributed by atoms with Crippen molar-refractivity contribution in [3.63, 3.8) is 0 Å². The minimum absolute atomic E-state index is 0.374. The molecule has 2 aromatic carbocycles. The average molecular weight is 236 g/mol. The van der Waals surface area contributed by atoms with Crippen molar-refractivity contribution in [2.24, 2.45) is 4.99 Å². The summed E-state index contributed by atoms with van der Waals surface area (Å²) in [5, 5.41) is 3.54. The Kier molecular flexibility index (Phi) is 3.09. The van der Waals surface area contributed by atoms with E-state index in [9.17, 15) is 0 Å². The van der Waals surface area contributed by atoms with Crippen LogP contribution in [-0.4, -0.2) is 12.4 Å². The molecule has 0 spiro atoms. The van der Waals surface area contributed by atoms with Gasteiger partial charge in [-0.1, -0.05) is 60.7 Å². The number of rotatable bonds is 2. The third-order valence-electron chi connectivity index (χ3n) is 3.25. The molecule has 18 heavy (non-hydrogen) atoms. The highest BCUT2D eigenvalue weighted by molar-refractivity contribution is 5.99. The van der Waals surface area contributed by atoms with E-state index in [0.717, 1.165) is 24.4 Å². The molecule has 1 aliphatic rings. The number of hydrogen-bond acceptors (Lipinski definition) is 2. The standard InChI is InChI=1S/C16H16N2/c1-3-7-13(8-4-1)15-11-12-17-16(18-15)14-9-5-2-6-10-14/h1-10,15H,11-12H2,(H,17,18)/t15-/m1/s1. The van der Waals surface area contributed by atoms with Gasteiger partial charge in [-0.3, -0.25) is 4.99 Å². The highest BCUT2D eigenvalue weighted by Gasteiger charge is 2.17. The fourth-order valence-electron chi connectivity index (χ4n) is 2.29. The minimum atomic E-state index is 0.374. The van der Waals surface area contributed by atoms with E-state index in [0.29, 0.717) is 6.04 Å². The quantitative estimate of drug-likeness (QED) is 0.851. The Balaban J connectivity index is 1.82. The van der Waals surface area contributed by atoms with Gasteiger partial charge >= 0.3 is 0 Å². The van der Waals surface area contributed by atoms with Crippen molar-refractivity contribution >= 4 is 5.84 Å². The van der Waals surface area contributed by atoms with Crippen LogP contribution in [0.1, 0.15) is 23.6 Å². The number of amidine groups is 1. The van der Waals surface area contributed by atoms with E-state index in [4.69, 9.17) is 0 Å². The smallest absolute Gasteiger partial charge is 0.128 e. The van der Waals surface area contributed by atoms with Gasteiger partial charge in [-0.05, 0) is 12.0 Å². The molecule has 0 fully saturated rings. The summed E-state index contributed by atoms with van der Waals surface area (Å²) < 4.78 is 0. The lowest BCUT2D eigenvalue weighted by molar-refractivity contribution is 0.573. The maximum atomic E-state index is 4.58. The molecule has 0 bridgehead atoms. The molecule has 90 valence electrons. The first kappa shape index (κ1) is 11.0. The Morgan fingerprint density at radius 1 is 0.889 bits per heavy atom. The summed E-state index contributed by atoms with van der Waals surface area (Å²) in [6, 6.07) is 21.3. The van der Waals surface area contributed by atoms with E-state index < -0.39 is 0 Å². The van der Waals surface area contributed by atoms with Crippen molar-refractivity contribution < 1.29 is 0 Å². The van der Waals surface area contributed by atoms with Crippen LogP contribution in [0.4, 0.5) is 0 Å². The molecule has 0 saturated carbocycles. The van der Waals surface area contributed by atoms with Crippen molar-refractivity contribution in [1.29, 1.82) is 0 Å². The summed E-state index contributed by atoms with van der Waals surface area (Å²) in [6.45, 7) is 0.886. The molecule has 1 heterocycles. The van der Waals surface area contributed by atoms with Crippen molar-refractivity contribution in [2.45, 2.75) is 12.5 Å². The predicted octanol–water partition coefficient (Wildman–Crippen LogP) is 3.17. The third-order valence-corrected chi connectivity index (χ3v) is 3.25. The van der Waals surface area contributed by atoms with Crippen LogP contribution in [0, 0.1) is 0 Å². The van der Waals surface area contributed by atoms with Gasteiger partial charge in [0.1, 0.15) is 5.84 Å². The molecule has 0 radical (unpaired) electrons. The van der Waals surface area contributed by atoms with Crippen LogP contribution >= 0.6 is 0 Å². The summed E-state index contributed by atoms with van der Waals surface area (Å²) in [4.78, 5) is 4.58. The second-order valence-electron chi connectivity index (χ2n) is 4.49. The summed E-state index contributed by atoms with van der Waals surface area (Å²) in [5.74, 6) is 1.01. The van der Waals surface area contributed by atoms with Crippen LogP contribution in [0.15, 0.2) is 65.7 Å². The molecule has 3 rings (SSSR count). The Morgan fingerprint density at radius 2 is 1.56 bits per heavy atom. The van der Waals surface area contributed by atoms with Gasteiger partial charge in [0.2, 0.25) is 0 Å². The van der Waals surface area contributed by atoms with Gasteiger partial charge in [0.25, 0.3) is 0 Å². The van der Waals surface area contributed by atoms with Crippen LogP contribution in [-0.2, 0) is 0 Å². The lowest BCUT2D eigenvalue weighted by atomic mass is 10.0. The second-order valence-corrected chi connectivity index (χ2v) is 4.49. The second kappa shape index (κ2) is 5.05. The van der Waals surface area contributed by atoms with E-state index in [-0.39, 0.29) is 0 Å². The van der Waals surface area contributed by atoms with Crippen molar-refractivity contribution in [3.05, 3.63) is 71.8 Å². The maximum absolute atomic E-state index is 4.58. The van der Waals surface area contributed by atoms with Crippen molar-refractivity contribution in [1.82, 2.24) is 5.32 Å². The third kappa shape index (κ3) is 2.28. The molecule has 1 atom stereocenters. The highest BCUT2D eigenvalue weighted by Crippen LogP contribution is 2.20. The molecule has 2 nitrogen and oxygen atoms in total.